The van der Waals surface area contributed by atoms with Crippen molar-refractivity contribution in [2.75, 3.05) is 6.54 Å². The van der Waals surface area contributed by atoms with Crippen molar-refractivity contribution < 1.29 is 19.0 Å². The first-order chi connectivity index (χ1) is 11.3. The quantitative estimate of drug-likeness (QED) is 0.853. The molecule has 1 aromatic heterocycles. The number of aliphatic hydroxyl groups is 1. The molecule has 0 spiro atoms. The van der Waals surface area contributed by atoms with E-state index >= 15 is 0 Å². The summed E-state index contributed by atoms with van der Waals surface area (Å²) >= 11 is 0. The van der Waals surface area contributed by atoms with Gasteiger partial charge in [-0.2, -0.15) is 0 Å². The third-order valence-electron chi connectivity index (χ3n) is 3.37. The molecule has 24 heavy (non-hydrogen) atoms. The molecule has 2 rings (SSSR count). The standard InChI is InChI=1S/C18H21FN2O3/c1-12(2)24-16-6-4-5-15(21-16)17(22)20-11-18(3,23)13-7-9-14(19)10-8-13/h4-10,12,23H,11H2,1-3H3,(H,20,22). The topological polar surface area (TPSA) is 71.5 Å². The summed E-state index contributed by atoms with van der Waals surface area (Å²) in [4.78, 5) is 16.3. The summed E-state index contributed by atoms with van der Waals surface area (Å²) in [7, 11) is 0. The van der Waals surface area contributed by atoms with Crippen LogP contribution in [0.3, 0.4) is 0 Å². The first-order valence-electron chi connectivity index (χ1n) is 7.68. The molecule has 1 atom stereocenters. The molecule has 5 nitrogen and oxygen atoms in total. The van der Waals surface area contributed by atoms with Gasteiger partial charge in [0.1, 0.15) is 17.1 Å². The Balaban J connectivity index is 2.03. The number of nitrogens with one attached hydrogen (secondary N) is 1. The largest absolute Gasteiger partial charge is 0.475 e. The first kappa shape index (κ1) is 17.9. The highest BCUT2D eigenvalue weighted by Crippen LogP contribution is 2.20. The molecule has 1 unspecified atom stereocenters. The lowest BCUT2D eigenvalue weighted by Crippen LogP contribution is -2.38. The van der Waals surface area contributed by atoms with Crippen molar-refractivity contribution in [3.63, 3.8) is 0 Å². The third-order valence-corrected chi connectivity index (χ3v) is 3.37. The number of nitrogens with zero attached hydrogens (tertiary/aromatic N) is 1. The molecule has 0 aliphatic heterocycles. The number of halogens is 1. The first-order valence-corrected chi connectivity index (χ1v) is 7.68. The Morgan fingerprint density at radius 2 is 1.96 bits per heavy atom. The molecule has 0 saturated heterocycles. The van der Waals surface area contributed by atoms with Gasteiger partial charge in [-0.1, -0.05) is 18.2 Å². The van der Waals surface area contributed by atoms with E-state index in [1.54, 1.807) is 25.1 Å². The number of hydrogen-bond donors (Lipinski definition) is 2. The van der Waals surface area contributed by atoms with Gasteiger partial charge in [-0.15, -0.1) is 0 Å². The van der Waals surface area contributed by atoms with E-state index in [9.17, 15) is 14.3 Å². The zero-order valence-corrected chi connectivity index (χ0v) is 13.9. The molecule has 0 radical (unpaired) electrons. The summed E-state index contributed by atoms with van der Waals surface area (Å²) < 4.78 is 18.4. The van der Waals surface area contributed by atoms with Crippen LogP contribution in [-0.2, 0) is 5.60 Å². The maximum absolute atomic E-state index is 13.0. The smallest absolute Gasteiger partial charge is 0.270 e. The Morgan fingerprint density at radius 1 is 1.29 bits per heavy atom. The molecule has 0 bridgehead atoms. The normalized spacial score (nSPS) is 13.4. The fourth-order valence-corrected chi connectivity index (χ4v) is 2.10. The van der Waals surface area contributed by atoms with Crippen molar-refractivity contribution in [1.29, 1.82) is 0 Å². The number of carbonyl (C=O) groups excluding carboxylic acids is 1. The molecular weight excluding hydrogens is 311 g/mol. The lowest BCUT2D eigenvalue weighted by molar-refractivity contribution is 0.0524. The summed E-state index contributed by atoms with van der Waals surface area (Å²) in [6.45, 7) is 5.25. The van der Waals surface area contributed by atoms with Crippen LogP contribution in [0.5, 0.6) is 5.88 Å². The second-order valence-corrected chi connectivity index (χ2v) is 5.99. The van der Waals surface area contributed by atoms with E-state index in [4.69, 9.17) is 4.74 Å². The van der Waals surface area contributed by atoms with E-state index in [1.807, 2.05) is 13.8 Å². The van der Waals surface area contributed by atoms with Gasteiger partial charge in [0.15, 0.2) is 0 Å². The van der Waals surface area contributed by atoms with Crippen LogP contribution in [0.1, 0.15) is 36.8 Å². The molecule has 0 saturated carbocycles. The number of amides is 1. The number of carbonyl (C=O) groups is 1. The van der Waals surface area contributed by atoms with Crippen LogP contribution < -0.4 is 10.1 Å². The molecule has 1 heterocycles. The Kier molecular flexibility index (Phi) is 5.51. The van der Waals surface area contributed by atoms with E-state index in [2.05, 4.69) is 10.3 Å². The van der Waals surface area contributed by atoms with Gasteiger partial charge < -0.3 is 15.2 Å². The zero-order valence-electron chi connectivity index (χ0n) is 13.9. The molecule has 1 aromatic carbocycles. The van der Waals surface area contributed by atoms with Gasteiger partial charge in [0, 0.05) is 6.07 Å². The fraction of sp³-hybridized carbons (Fsp3) is 0.333. The maximum Gasteiger partial charge on any atom is 0.270 e. The molecular formula is C18H21FN2O3. The average molecular weight is 332 g/mol. The summed E-state index contributed by atoms with van der Waals surface area (Å²) in [5.41, 5.74) is -0.618. The van der Waals surface area contributed by atoms with Crippen LogP contribution in [0.2, 0.25) is 0 Å². The van der Waals surface area contributed by atoms with Gasteiger partial charge in [0.2, 0.25) is 5.88 Å². The minimum absolute atomic E-state index is 0.0333. The molecule has 2 aromatic rings. The SMILES string of the molecule is CC(C)Oc1cccc(C(=O)NCC(C)(O)c2ccc(F)cc2)n1. The van der Waals surface area contributed by atoms with Gasteiger partial charge >= 0.3 is 0 Å². The Morgan fingerprint density at radius 3 is 2.58 bits per heavy atom. The van der Waals surface area contributed by atoms with Crippen molar-refractivity contribution in [2.24, 2.45) is 0 Å². The highest BCUT2D eigenvalue weighted by molar-refractivity contribution is 5.92. The molecule has 0 fully saturated rings. The monoisotopic (exact) mass is 332 g/mol. The molecule has 1 amide bonds. The van der Waals surface area contributed by atoms with Crippen LogP contribution in [-0.4, -0.2) is 28.6 Å². The van der Waals surface area contributed by atoms with Gasteiger partial charge in [0.25, 0.3) is 5.91 Å². The average Bonchev–Trinajstić information content (AvgIpc) is 2.53. The Bertz CT molecular complexity index is 700. The van der Waals surface area contributed by atoms with Crippen LogP contribution in [0.4, 0.5) is 4.39 Å². The van der Waals surface area contributed by atoms with E-state index in [0.29, 0.717) is 11.4 Å². The van der Waals surface area contributed by atoms with Crippen molar-refractivity contribution in [3.05, 3.63) is 59.5 Å². The number of pyridine rings is 1. The lowest BCUT2D eigenvalue weighted by Gasteiger charge is -2.24. The van der Waals surface area contributed by atoms with Crippen LogP contribution in [0, 0.1) is 5.82 Å². The van der Waals surface area contributed by atoms with E-state index in [-0.39, 0.29) is 24.2 Å². The second-order valence-electron chi connectivity index (χ2n) is 5.99. The third kappa shape index (κ3) is 4.76. The van der Waals surface area contributed by atoms with Crippen molar-refractivity contribution in [3.8, 4) is 5.88 Å². The van der Waals surface area contributed by atoms with Gasteiger partial charge in [-0.3, -0.25) is 4.79 Å². The van der Waals surface area contributed by atoms with Crippen molar-refractivity contribution >= 4 is 5.91 Å². The van der Waals surface area contributed by atoms with Crippen molar-refractivity contribution in [2.45, 2.75) is 32.5 Å². The molecule has 128 valence electrons. The second kappa shape index (κ2) is 7.40. The zero-order chi connectivity index (χ0) is 17.7. The molecule has 2 N–H and O–H groups in total. The minimum Gasteiger partial charge on any atom is -0.475 e. The Labute approximate surface area is 140 Å². The summed E-state index contributed by atoms with van der Waals surface area (Å²) in [5.74, 6) is -0.445. The molecule has 6 heteroatoms. The fourth-order valence-electron chi connectivity index (χ4n) is 2.10. The maximum atomic E-state index is 13.0. The summed E-state index contributed by atoms with van der Waals surface area (Å²) in [6.07, 6.45) is -0.0463. The van der Waals surface area contributed by atoms with Gasteiger partial charge in [0.05, 0.1) is 12.6 Å². The lowest BCUT2D eigenvalue weighted by atomic mass is 9.96. The van der Waals surface area contributed by atoms with Crippen LogP contribution >= 0.6 is 0 Å². The number of benzene rings is 1. The number of ether oxygens (including phenoxy) is 1. The number of hydrogen-bond acceptors (Lipinski definition) is 4. The Hall–Kier alpha value is -2.47. The molecule has 0 aliphatic rings. The molecule has 0 aliphatic carbocycles. The number of aromatic nitrogens is 1. The van der Waals surface area contributed by atoms with E-state index in [1.165, 1.54) is 24.3 Å². The predicted octanol–water partition coefficient (Wildman–Crippen LogP) is 2.65. The van der Waals surface area contributed by atoms with Gasteiger partial charge in [-0.05, 0) is 44.5 Å². The van der Waals surface area contributed by atoms with E-state index in [0.717, 1.165) is 0 Å². The minimum atomic E-state index is -1.32. The van der Waals surface area contributed by atoms with Gasteiger partial charge in [-0.25, -0.2) is 9.37 Å². The number of rotatable bonds is 6. The van der Waals surface area contributed by atoms with Crippen molar-refractivity contribution in [1.82, 2.24) is 10.3 Å². The predicted molar refractivity (Wildman–Crippen MR) is 88.3 cm³/mol. The van der Waals surface area contributed by atoms with Crippen LogP contribution in [0.25, 0.3) is 0 Å². The summed E-state index contributed by atoms with van der Waals surface area (Å²) in [5, 5.41) is 13.1. The highest BCUT2D eigenvalue weighted by atomic mass is 19.1. The van der Waals surface area contributed by atoms with E-state index < -0.39 is 11.5 Å². The summed E-state index contributed by atoms with van der Waals surface area (Å²) in [6, 6.07) is 10.4. The van der Waals surface area contributed by atoms with Crippen LogP contribution in [0.15, 0.2) is 42.5 Å². The highest BCUT2D eigenvalue weighted by Gasteiger charge is 2.24.